The van der Waals surface area contributed by atoms with Gasteiger partial charge in [0, 0.05) is 38.9 Å². The van der Waals surface area contributed by atoms with Gasteiger partial charge in [-0.2, -0.15) is 18.2 Å². The van der Waals surface area contributed by atoms with Crippen LogP contribution in [-0.4, -0.2) is 60.3 Å². The van der Waals surface area contributed by atoms with Crippen LogP contribution < -0.4 is 10.2 Å². The lowest BCUT2D eigenvalue weighted by Crippen LogP contribution is -2.49. The minimum Gasteiger partial charge on any atom is -0.354 e. The Morgan fingerprint density at radius 3 is 2.55 bits per heavy atom. The monoisotopic (exact) mass is 289 g/mol. The lowest BCUT2D eigenvalue weighted by Gasteiger charge is -2.35. The Hall–Kier alpha value is -1.57. The third-order valence-corrected chi connectivity index (χ3v) is 3.07. The van der Waals surface area contributed by atoms with E-state index in [-0.39, 0.29) is 0 Å². The number of alkyl halides is 3. The van der Waals surface area contributed by atoms with Gasteiger partial charge in [0.25, 0.3) is 0 Å². The Bertz CT molecular complexity index is 429. The predicted molar refractivity (Wildman–Crippen MR) is 70.9 cm³/mol. The van der Waals surface area contributed by atoms with Crippen molar-refractivity contribution in [3.8, 4) is 0 Å². The van der Waals surface area contributed by atoms with Gasteiger partial charge < -0.3 is 10.2 Å². The van der Waals surface area contributed by atoms with Crippen LogP contribution in [0.3, 0.4) is 0 Å². The fourth-order valence-electron chi connectivity index (χ4n) is 2.16. The van der Waals surface area contributed by atoms with Crippen LogP contribution in [0.2, 0.25) is 0 Å². The van der Waals surface area contributed by atoms with E-state index in [2.05, 4.69) is 15.3 Å². The standard InChI is InChI=1S/C12H18F3N5/c1-2-16-11-17-4-3-10(18-11)20-7-5-19(6-8-20)9-12(13,14)15/h3-4H,2,5-9H2,1H3,(H,16,17,18). The number of hydrogen-bond donors (Lipinski definition) is 1. The average Bonchev–Trinajstić information content (AvgIpc) is 2.38. The maximum absolute atomic E-state index is 12.3. The van der Waals surface area contributed by atoms with Crippen molar-refractivity contribution in [2.75, 3.05) is 49.5 Å². The van der Waals surface area contributed by atoms with E-state index in [0.29, 0.717) is 32.1 Å². The van der Waals surface area contributed by atoms with E-state index in [1.54, 1.807) is 12.3 Å². The number of rotatable bonds is 4. The van der Waals surface area contributed by atoms with Crippen LogP contribution in [0.1, 0.15) is 6.92 Å². The first-order valence-electron chi connectivity index (χ1n) is 6.59. The second kappa shape index (κ2) is 6.25. The highest BCUT2D eigenvalue weighted by Crippen LogP contribution is 2.19. The Morgan fingerprint density at radius 2 is 1.95 bits per heavy atom. The number of halogens is 3. The van der Waals surface area contributed by atoms with E-state index in [0.717, 1.165) is 12.4 Å². The van der Waals surface area contributed by atoms with Gasteiger partial charge in [-0.1, -0.05) is 0 Å². The first kappa shape index (κ1) is 14.8. The first-order chi connectivity index (χ1) is 9.48. The van der Waals surface area contributed by atoms with Crippen LogP contribution in [0.25, 0.3) is 0 Å². The predicted octanol–water partition coefficient (Wildman–Crippen LogP) is 1.59. The lowest BCUT2D eigenvalue weighted by atomic mass is 10.3. The summed E-state index contributed by atoms with van der Waals surface area (Å²) in [6.45, 7) is 3.69. The van der Waals surface area contributed by atoms with Gasteiger partial charge >= 0.3 is 6.18 Å². The summed E-state index contributed by atoms with van der Waals surface area (Å²) in [7, 11) is 0. The molecule has 0 bridgehead atoms. The van der Waals surface area contributed by atoms with Gasteiger partial charge in [0.05, 0.1) is 6.54 Å². The average molecular weight is 289 g/mol. The van der Waals surface area contributed by atoms with Crippen LogP contribution >= 0.6 is 0 Å². The molecule has 2 rings (SSSR count). The molecule has 8 heteroatoms. The van der Waals surface area contributed by atoms with Crippen molar-refractivity contribution in [3.63, 3.8) is 0 Å². The summed E-state index contributed by atoms with van der Waals surface area (Å²) in [6.07, 6.45) is -2.47. The minimum atomic E-state index is -4.13. The van der Waals surface area contributed by atoms with Gasteiger partial charge in [-0.15, -0.1) is 0 Å². The van der Waals surface area contributed by atoms with E-state index in [4.69, 9.17) is 0 Å². The Morgan fingerprint density at radius 1 is 1.25 bits per heavy atom. The molecule has 112 valence electrons. The van der Waals surface area contributed by atoms with E-state index >= 15 is 0 Å². The summed E-state index contributed by atoms with van der Waals surface area (Å²) in [5.74, 6) is 1.30. The van der Waals surface area contributed by atoms with Crippen molar-refractivity contribution in [1.29, 1.82) is 0 Å². The topological polar surface area (TPSA) is 44.3 Å². The van der Waals surface area contributed by atoms with Crippen molar-refractivity contribution in [1.82, 2.24) is 14.9 Å². The van der Waals surface area contributed by atoms with Crippen LogP contribution in [-0.2, 0) is 0 Å². The molecule has 0 saturated carbocycles. The van der Waals surface area contributed by atoms with Gasteiger partial charge in [-0.05, 0) is 13.0 Å². The number of nitrogens with zero attached hydrogens (tertiary/aromatic N) is 4. The second-order valence-corrected chi connectivity index (χ2v) is 4.65. The molecule has 0 aliphatic carbocycles. The summed E-state index contributed by atoms with van der Waals surface area (Å²) < 4.78 is 36.9. The molecule has 1 fully saturated rings. The highest BCUT2D eigenvalue weighted by molar-refractivity contribution is 5.42. The summed E-state index contributed by atoms with van der Waals surface area (Å²) >= 11 is 0. The molecular weight excluding hydrogens is 271 g/mol. The fourth-order valence-corrected chi connectivity index (χ4v) is 2.16. The van der Waals surface area contributed by atoms with Gasteiger partial charge in [0.2, 0.25) is 5.95 Å². The highest BCUT2D eigenvalue weighted by Gasteiger charge is 2.32. The molecule has 0 atom stereocenters. The lowest BCUT2D eigenvalue weighted by molar-refractivity contribution is -0.146. The van der Waals surface area contributed by atoms with E-state index in [1.165, 1.54) is 4.90 Å². The second-order valence-electron chi connectivity index (χ2n) is 4.65. The number of nitrogens with one attached hydrogen (secondary N) is 1. The SMILES string of the molecule is CCNc1nccc(N2CCN(CC(F)(F)F)CC2)n1. The Kier molecular flexibility index (Phi) is 4.64. The van der Waals surface area contributed by atoms with Gasteiger partial charge in [-0.3, -0.25) is 4.90 Å². The molecule has 1 aliphatic rings. The zero-order chi connectivity index (χ0) is 14.6. The number of aromatic nitrogens is 2. The molecule has 1 aromatic heterocycles. The minimum absolute atomic E-state index is 0.389. The van der Waals surface area contributed by atoms with Crippen molar-refractivity contribution < 1.29 is 13.2 Å². The molecule has 1 aliphatic heterocycles. The van der Waals surface area contributed by atoms with Crippen LogP contribution in [0.5, 0.6) is 0 Å². The molecule has 5 nitrogen and oxygen atoms in total. The summed E-state index contributed by atoms with van der Waals surface area (Å²) in [4.78, 5) is 11.8. The smallest absolute Gasteiger partial charge is 0.354 e. The normalized spacial score (nSPS) is 17.3. The maximum Gasteiger partial charge on any atom is 0.401 e. The van der Waals surface area contributed by atoms with E-state index in [1.807, 2.05) is 11.8 Å². The maximum atomic E-state index is 12.3. The third kappa shape index (κ3) is 4.22. The van der Waals surface area contributed by atoms with Crippen molar-refractivity contribution in [3.05, 3.63) is 12.3 Å². The molecular formula is C12H18F3N5. The molecule has 1 N–H and O–H groups in total. The van der Waals surface area contributed by atoms with Crippen molar-refractivity contribution in [2.45, 2.75) is 13.1 Å². The van der Waals surface area contributed by atoms with E-state index < -0.39 is 12.7 Å². The fraction of sp³-hybridized carbons (Fsp3) is 0.667. The number of piperazine rings is 1. The molecule has 0 spiro atoms. The summed E-state index contributed by atoms with van der Waals surface area (Å²) in [6, 6.07) is 1.78. The molecule has 2 heterocycles. The summed E-state index contributed by atoms with van der Waals surface area (Å²) in [5, 5.41) is 3.02. The molecule has 0 amide bonds. The quantitative estimate of drug-likeness (QED) is 0.912. The van der Waals surface area contributed by atoms with Crippen LogP contribution in [0.4, 0.5) is 24.9 Å². The molecule has 0 unspecified atom stereocenters. The summed E-state index contributed by atoms with van der Waals surface area (Å²) in [5.41, 5.74) is 0. The highest BCUT2D eigenvalue weighted by atomic mass is 19.4. The zero-order valence-electron chi connectivity index (χ0n) is 11.3. The Labute approximate surface area is 115 Å². The van der Waals surface area contributed by atoms with E-state index in [9.17, 15) is 13.2 Å². The van der Waals surface area contributed by atoms with Crippen LogP contribution in [0.15, 0.2) is 12.3 Å². The molecule has 1 aromatic rings. The van der Waals surface area contributed by atoms with Crippen molar-refractivity contribution >= 4 is 11.8 Å². The molecule has 20 heavy (non-hydrogen) atoms. The molecule has 1 saturated heterocycles. The third-order valence-electron chi connectivity index (χ3n) is 3.07. The zero-order valence-corrected chi connectivity index (χ0v) is 11.3. The molecule has 0 aromatic carbocycles. The van der Waals surface area contributed by atoms with Gasteiger partial charge in [-0.25, -0.2) is 4.98 Å². The first-order valence-corrected chi connectivity index (χ1v) is 6.59. The van der Waals surface area contributed by atoms with Crippen molar-refractivity contribution in [2.24, 2.45) is 0 Å². The number of hydrogen-bond acceptors (Lipinski definition) is 5. The van der Waals surface area contributed by atoms with Crippen LogP contribution in [0, 0.1) is 0 Å². The Balaban J connectivity index is 1.92. The largest absolute Gasteiger partial charge is 0.401 e. The van der Waals surface area contributed by atoms with Gasteiger partial charge in [0.1, 0.15) is 5.82 Å². The molecule has 0 radical (unpaired) electrons. The number of anilines is 2. The van der Waals surface area contributed by atoms with Gasteiger partial charge in [0.15, 0.2) is 0 Å².